The van der Waals surface area contributed by atoms with Crippen molar-refractivity contribution in [2.45, 2.75) is 40.2 Å². The summed E-state index contributed by atoms with van der Waals surface area (Å²) in [4.78, 5) is 10.6. The molecule has 0 amide bonds. The van der Waals surface area contributed by atoms with Crippen molar-refractivity contribution in [3.05, 3.63) is 38.7 Å². The monoisotopic (exact) mass is 302 g/mol. The van der Waals surface area contributed by atoms with Gasteiger partial charge in [-0.2, -0.15) is 0 Å². The summed E-state index contributed by atoms with van der Waals surface area (Å²) in [5, 5.41) is 14.1. The van der Waals surface area contributed by atoms with Crippen molar-refractivity contribution < 1.29 is 9.31 Å². The number of nitrogens with one attached hydrogen (secondary N) is 1. The number of nitro groups is 1. The van der Waals surface area contributed by atoms with E-state index in [1.807, 2.05) is 27.7 Å². The topological polar surface area (TPSA) is 55.2 Å². The second-order valence-corrected chi connectivity index (χ2v) is 6.24. The Kier molecular flexibility index (Phi) is 5.48. The lowest BCUT2D eigenvalue weighted by Crippen LogP contribution is -2.42. The van der Waals surface area contributed by atoms with Crippen LogP contribution in [0.15, 0.2) is 12.1 Å². The molecule has 112 valence electrons. The van der Waals surface area contributed by atoms with Gasteiger partial charge in [0.2, 0.25) is 0 Å². The van der Waals surface area contributed by atoms with Crippen molar-refractivity contribution in [1.82, 2.24) is 5.32 Å². The number of nitrogens with zero attached hydrogens (tertiary/aromatic N) is 1. The summed E-state index contributed by atoms with van der Waals surface area (Å²) in [5.74, 6) is -0.628. The Morgan fingerprint density at radius 2 is 2.05 bits per heavy atom. The molecule has 1 aromatic carbocycles. The van der Waals surface area contributed by atoms with Crippen LogP contribution < -0.4 is 5.32 Å². The third-order valence-electron chi connectivity index (χ3n) is 3.24. The van der Waals surface area contributed by atoms with E-state index in [2.05, 4.69) is 5.32 Å². The van der Waals surface area contributed by atoms with Gasteiger partial charge in [-0.05, 0) is 24.4 Å². The van der Waals surface area contributed by atoms with Gasteiger partial charge in [0.1, 0.15) is 5.82 Å². The summed E-state index contributed by atoms with van der Waals surface area (Å²) in [6.07, 6.45) is 0.377. The average Bonchev–Trinajstić information content (AvgIpc) is 2.31. The van der Waals surface area contributed by atoms with Gasteiger partial charge in [-0.1, -0.05) is 39.3 Å². The largest absolute Gasteiger partial charge is 0.313 e. The van der Waals surface area contributed by atoms with Crippen LogP contribution in [-0.4, -0.2) is 17.5 Å². The molecule has 0 saturated heterocycles. The second-order valence-electron chi connectivity index (χ2n) is 5.83. The average molecular weight is 303 g/mol. The van der Waals surface area contributed by atoms with Crippen molar-refractivity contribution in [2.75, 3.05) is 6.54 Å². The van der Waals surface area contributed by atoms with Crippen molar-refractivity contribution in [3.8, 4) is 0 Å². The molecule has 20 heavy (non-hydrogen) atoms. The van der Waals surface area contributed by atoms with Crippen LogP contribution in [0.25, 0.3) is 0 Å². The molecule has 4 nitrogen and oxygen atoms in total. The van der Waals surface area contributed by atoms with Gasteiger partial charge in [-0.3, -0.25) is 10.1 Å². The summed E-state index contributed by atoms with van der Waals surface area (Å²) in [6, 6.07) is 2.25. The highest BCUT2D eigenvalue weighted by Gasteiger charge is 2.27. The van der Waals surface area contributed by atoms with Crippen LogP contribution in [0.3, 0.4) is 0 Å². The van der Waals surface area contributed by atoms with Gasteiger partial charge >= 0.3 is 0 Å². The van der Waals surface area contributed by atoms with E-state index in [0.29, 0.717) is 12.0 Å². The quantitative estimate of drug-likeness (QED) is 0.662. The van der Waals surface area contributed by atoms with Gasteiger partial charge < -0.3 is 5.32 Å². The first-order chi connectivity index (χ1) is 9.16. The highest BCUT2D eigenvalue weighted by molar-refractivity contribution is 6.31. The molecule has 1 N–H and O–H groups in total. The van der Waals surface area contributed by atoms with Crippen LogP contribution in [0.4, 0.5) is 10.1 Å². The lowest BCUT2D eigenvalue weighted by Gasteiger charge is -2.31. The van der Waals surface area contributed by atoms with E-state index in [1.165, 1.54) is 0 Å². The first-order valence-corrected chi connectivity index (χ1v) is 6.90. The van der Waals surface area contributed by atoms with Gasteiger partial charge in [-0.15, -0.1) is 0 Å². The van der Waals surface area contributed by atoms with E-state index in [4.69, 9.17) is 11.6 Å². The molecule has 0 spiro atoms. The maximum atomic E-state index is 13.6. The lowest BCUT2D eigenvalue weighted by molar-refractivity contribution is -0.385. The fraction of sp³-hybridized carbons (Fsp3) is 0.571. The van der Waals surface area contributed by atoms with E-state index < -0.39 is 10.7 Å². The van der Waals surface area contributed by atoms with Gasteiger partial charge in [0.25, 0.3) is 5.69 Å². The highest BCUT2D eigenvalue weighted by Crippen LogP contribution is 2.30. The summed E-state index contributed by atoms with van der Waals surface area (Å²) < 4.78 is 13.6. The normalized spacial score (nSPS) is 13.3. The molecule has 1 aromatic rings. The third kappa shape index (κ3) is 4.15. The molecule has 0 aliphatic rings. The van der Waals surface area contributed by atoms with E-state index in [-0.39, 0.29) is 22.2 Å². The molecule has 0 radical (unpaired) electrons. The summed E-state index contributed by atoms with van der Waals surface area (Å²) in [5.41, 5.74) is 0.126. The molecule has 1 atom stereocenters. The zero-order chi connectivity index (χ0) is 15.5. The zero-order valence-electron chi connectivity index (χ0n) is 12.2. The van der Waals surface area contributed by atoms with E-state index in [0.717, 1.165) is 18.7 Å². The molecule has 0 aliphatic carbocycles. The second kappa shape index (κ2) is 6.50. The number of benzene rings is 1. The summed E-state index contributed by atoms with van der Waals surface area (Å²) >= 11 is 5.62. The molecule has 0 heterocycles. The fourth-order valence-electron chi connectivity index (χ4n) is 2.06. The standard InChI is InChI=1S/C14H20ClFN2O2/c1-5-17-13(14(2,3)4)7-9-6-11(16)10(15)8-12(9)18(19)20/h6,8,13,17H,5,7H2,1-4H3. The van der Waals surface area contributed by atoms with Crippen LogP contribution in [0.5, 0.6) is 0 Å². The lowest BCUT2D eigenvalue weighted by atomic mass is 9.82. The smallest absolute Gasteiger partial charge is 0.274 e. The van der Waals surface area contributed by atoms with Gasteiger partial charge in [0.15, 0.2) is 0 Å². The van der Waals surface area contributed by atoms with Gasteiger partial charge in [0.05, 0.1) is 9.95 Å². The minimum atomic E-state index is -0.628. The molecule has 0 fully saturated rings. The Balaban J connectivity index is 3.18. The number of hydrogen-bond donors (Lipinski definition) is 1. The van der Waals surface area contributed by atoms with Crippen molar-refractivity contribution in [3.63, 3.8) is 0 Å². The molecular formula is C14H20ClFN2O2. The Morgan fingerprint density at radius 3 is 2.50 bits per heavy atom. The molecule has 0 aliphatic heterocycles. The Bertz CT molecular complexity index is 501. The maximum Gasteiger partial charge on any atom is 0.274 e. The summed E-state index contributed by atoms with van der Waals surface area (Å²) in [6.45, 7) is 8.83. The fourth-order valence-corrected chi connectivity index (χ4v) is 2.22. The predicted octanol–water partition coefficient (Wildman–Crippen LogP) is 3.95. The van der Waals surface area contributed by atoms with Crippen LogP contribution in [0, 0.1) is 21.3 Å². The molecule has 0 saturated carbocycles. The maximum absolute atomic E-state index is 13.6. The number of nitro benzene ring substituents is 1. The molecule has 0 aromatic heterocycles. The predicted molar refractivity (Wildman–Crippen MR) is 78.7 cm³/mol. The molecule has 0 bridgehead atoms. The Morgan fingerprint density at radius 1 is 1.45 bits per heavy atom. The zero-order valence-corrected chi connectivity index (χ0v) is 12.9. The number of rotatable bonds is 5. The molecular weight excluding hydrogens is 283 g/mol. The number of hydrogen-bond acceptors (Lipinski definition) is 3. The van der Waals surface area contributed by atoms with Crippen molar-refractivity contribution in [2.24, 2.45) is 5.41 Å². The van der Waals surface area contributed by atoms with Gasteiger partial charge in [0, 0.05) is 17.7 Å². The molecule has 6 heteroatoms. The Hall–Kier alpha value is -1.20. The third-order valence-corrected chi connectivity index (χ3v) is 3.53. The van der Waals surface area contributed by atoms with E-state index >= 15 is 0 Å². The molecule has 1 unspecified atom stereocenters. The van der Waals surface area contributed by atoms with Crippen LogP contribution in [0.2, 0.25) is 5.02 Å². The minimum Gasteiger partial charge on any atom is -0.313 e. The summed E-state index contributed by atoms with van der Waals surface area (Å²) in [7, 11) is 0. The SMILES string of the molecule is CCNC(Cc1cc(F)c(Cl)cc1[N+](=O)[O-])C(C)(C)C. The van der Waals surface area contributed by atoms with Crippen molar-refractivity contribution in [1.29, 1.82) is 0 Å². The number of halogens is 2. The van der Waals surface area contributed by atoms with Crippen molar-refractivity contribution >= 4 is 17.3 Å². The van der Waals surface area contributed by atoms with Crippen LogP contribution >= 0.6 is 11.6 Å². The highest BCUT2D eigenvalue weighted by atomic mass is 35.5. The molecule has 1 rings (SSSR count). The minimum absolute atomic E-state index is 0.00627. The number of likely N-dealkylation sites (N-methyl/N-ethyl adjacent to an activating group) is 1. The van der Waals surface area contributed by atoms with E-state index in [1.54, 1.807) is 0 Å². The first kappa shape index (κ1) is 16.9. The first-order valence-electron chi connectivity index (χ1n) is 6.52. The Labute approximate surface area is 123 Å². The van der Waals surface area contributed by atoms with E-state index in [9.17, 15) is 14.5 Å². The van der Waals surface area contributed by atoms with Crippen LogP contribution in [0.1, 0.15) is 33.3 Å². The van der Waals surface area contributed by atoms with Crippen LogP contribution in [-0.2, 0) is 6.42 Å². The van der Waals surface area contributed by atoms with Gasteiger partial charge in [-0.25, -0.2) is 4.39 Å².